The molecule has 3 rings (SSSR count). The Labute approximate surface area is 244 Å². The Hall–Kier alpha value is -4.30. The highest BCUT2D eigenvalue weighted by atomic mass is 16.5. The zero-order chi connectivity index (χ0) is 30.6. The number of carbonyl (C=O) groups excluding carboxylic acids is 4. The van der Waals surface area contributed by atoms with Crippen molar-refractivity contribution in [3.63, 3.8) is 0 Å². The number of hydrogen-bond donors (Lipinski definition) is 4. The Bertz CT molecular complexity index is 1240. The first-order valence-corrected chi connectivity index (χ1v) is 13.7. The lowest BCUT2D eigenvalue weighted by Gasteiger charge is -2.24. The summed E-state index contributed by atoms with van der Waals surface area (Å²) < 4.78 is 10.8. The van der Waals surface area contributed by atoms with Gasteiger partial charge in [0.2, 0.25) is 17.8 Å². The Morgan fingerprint density at radius 2 is 1.95 bits per heavy atom. The molecule has 0 spiro atoms. The van der Waals surface area contributed by atoms with Gasteiger partial charge in [0.25, 0.3) is 5.91 Å². The van der Waals surface area contributed by atoms with E-state index in [0.717, 1.165) is 5.56 Å². The molecule has 2 heterocycles. The Kier molecular flexibility index (Phi) is 12.0. The first-order chi connectivity index (χ1) is 20.1. The van der Waals surface area contributed by atoms with Crippen LogP contribution in [0.1, 0.15) is 35.3 Å². The molecule has 0 radical (unpaired) electrons. The molecule has 1 aliphatic heterocycles. The van der Waals surface area contributed by atoms with Gasteiger partial charge in [-0.05, 0) is 38.5 Å². The molecule has 0 aliphatic carbocycles. The van der Waals surface area contributed by atoms with E-state index >= 15 is 0 Å². The van der Waals surface area contributed by atoms with Crippen molar-refractivity contribution < 1.29 is 33.8 Å². The summed E-state index contributed by atoms with van der Waals surface area (Å²) in [4.78, 5) is 62.3. The maximum atomic E-state index is 12.9. The number of fused-ring (bicyclic) bond motifs is 2. The molecule has 1 aromatic heterocycles. The highest BCUT2D eigenvalue weighted by Gasteiger charge is 2.26. The van der Waals surface area contributed by atoms with Crippen LogP contribution >= 0.6 is 0 Å². The minimum atomic E-state index is -1.19. The minimum Gasteiger partial charge on any atom is -0.491 e. The number of aliphatic hydroxyl groups is 1. The maximum Gasteiger partial charge on any atom is 0.325 e. The molecule has 14 nitrogen and oxygen atoms in total. The zero-order valence-electron chi connectivity index (χ0n) is 24.4. The molecule has 0 fully saturated rings. The number of nitrogens with one attached hydrogen (secondary N) is 3. The summed E-state index contributed by atoms with van der Waals surface area (Å²) in [7, 11) is 1.68. The number of rotatable bonds is 7. The zero-order valence-corrected chi connectivity index (χ0v) is 24.4. The van der Waals surface area contributed by atoms with E-state index in [-0.39, 0.29) is 63.4 Å². The van der Waals surface area contributed by atoms with Gasteiger partial charge in [-0.15, -0.1) is 0 Å². The normalized spacial score (nSPS) is 18.0. The molecule has 0 unspecified atom stereocenters. The number of aryl methyl sites for hydroxylation is 1. The summed E-state index contributed by atoms with van der Waals surface area (Å²) in [6.07, 6.45) is 2.05. The average Bonchev–Trinajstić information content (AvgIpc) is 2.94. The summed E-state index contributed by atoms with van der Waals surface area (Å²) in [5.74, 6) is -0.918. The Morgan fingerprint density at radius 3 is 2.64 bits per heavy atom. The number of esters is 1. The molecular weight excluding hydrogens is 546 g/mol. The molecule has 2 aromatic rings. The Morgan fingerprint density at radius 1 is 1.21 bits per heavy atom. The largest absolute Gasteiger partial charge is 0.491 e. The van der Waals surface area contributed by atoms with E-state index in [2.05, 4.69) is 25.9 Å². The lowest BCUT2D eigenvalue weighted by Crippen LogP contribution is -2.53. The molecular formula is C28H39N7O7. The fourth-order valence-electron chi connectivity index (χ4n) is 4.15. The lowest BCUT2D eigenvalue weighted by atomic mass is 10.1. The summed E-state index contributed by atoms with van der Waals surface area (Å²) >= 11 is 0. The molecule has 228 valence electrons. The van der Waals surface area contributed by atoms with E-state index in [1.54, 1.807) is 54.4 Å². The van der Waals surface area contributed by atoms with E-state index < -0.39 is 24.0 Å². The number of anilines is 1. The average molecular weight is 586 g/mol. The van der Waals surface area contributed by atoms with Crippen LogP contribution in [0.3, 0.4) is 0 Å². The summed E-state index contributed by atoms with van der Waals surface area (Å²) in [6, 6.07) is 3.70. The number of carbonyl (C=O) groups is 4. The molecule has 0 saturated carbocycles. The molecule has 2 atom stereocenters. The number of likely N-dealkylation sites (N-methyl/N-ethyl adjacent to an activating group) is 1. The molecule has 0 saturated heterocycles. The standard InChI is InChI=1S/C28H39N7O7/c1-5-41-24(38)17-34(4)28-31-13-20(14-32-28)15-35-10-8-30-27(40)25(19(3)36)33-26(39)21-7-6-18(2)22(12-21)42-11-9-29-23(37)16-35/h6-7,12-14,19,25,36H,5,8-11,15-17H2,1-4H3,(H,29,37)(H,30,40)(H,33,39)/t19-,25+/m1/s1. The number of hydrogen-bond acceptors (Lipinski definition) is 11. The number of benzene rings is 1. The van der Waals surface area contributed by atoms with E-state index in [1.807, 2.05) is 6.92 Å². The van der Waals surface area contributed by atoms with E-state index in [4.69, 9.17) is 9.47 Å². The predicted octanol–water partition coefficient (Wildman–Crippen LogP) is -0.609. The fourth-order valence-corrected chi connectivity index (χ4v) is 4.15. The van der Waals surface area contributed by atoms with Gasteiger partial charge in [-0.2, -0.15) is 0 Å². The van der Waals surface area contributed by atoms with Crippen LogP contribution in [0.2, 0.25) is 0 Å². The van der Waals surface area contributed by atoms with Gasteiger partial charge >= 0.3 is 5.97 Å². The van der Waals surface area contributed by atoms with Crippen molar-refractivity contribution in [1.82, 2.24) is 30.8 Å². The predicted molar refractivity (Wildman–Crippen MR) is 153 cm³/mol. The van der Waals surface area contributed by atoms with Crippen molar-refractivity contribution >= 4 is 29.6 Å². The molecule has 1 aromatic carbocycles. The molecule has 14 heteroatoms. The minimum absolute atomic E-state index is 0.00153. The number of aliphatic hydroxyl groups excluding tert-OH is 1. The molecule has 4 N–H and O–H groups in total. The van der Waals surface area contributed by atoms with Crippen LogP contribution in [0.25, 0.3) is 0 Å². The van der Waals surface area contributed by atoms with Crippen molar-refractivity contribution in [3.8, 4) is 5.75 Å². The van der Waals surface area contributed by atoms with Gasteiger partial charge in [-0.3, -0.25) is 24.1 Å². The quantitative estimate of drug-likeness (QED) is 0.305. The third kappa shape index (κ3) is 9.66. The van der Waals surface area contributed by atoms with Gasteiger partial charge in [0.15, 0.2) is 0 Å². The van der Waals surface area contributed by atoms with Crippen molar-refractivity contribution in [2.24, 2.45) is 0 Å². The highest BCUT2D eigenvalue weighted by molar-refractivity contribution is 5.98. The van der Waals surface area contributed by atoms with Crippen LogP contribution in [-0.2, 0) is 25.7 Å². The first kappa shape index (κ1) is 32.2. The number of ether oxygens (including phenoxy) is 2. The number of aromatic nitrogens is 2. The molecule has 42 heavy (non-hydrogen) atoms. The first-order valence-electron chi connectivity index (χ1n) is 13.7. The van der Waals surface area contributed by atoms with Gasteiger partial charge in [0.05, 0.1) is 25.8 Å². The van der Waals surface area contributed by atoms with Crippen molar-refractivity contribution in [1.29, 1.82) is 0 Å². The van der Waals surface area contributed by atoms with Gasteiger partial charge in [-0.25, -0.2) is 9.97 Å². The topological polar surface area (TPSA) is 175 Å². The molecule has 1 aliphatic rings. The van der Waals surface area contributed by atoms with Crippen molar-refractivity contribution in [3.05, 3.63) is 47.3 Å². The van der Waals surface area contributed by atoms with Crippen molar-refractivity contribution in [2.75, 3.05) is 57.9 Å². The van der Waals surface area contributed by atoms with Gasteiger partial charge < -0.3 is 35.4 Å². The number of amides is 3. The third-order valence-electron chi connectivity index (χ3n) is 6.39. The summed E-state index contributed by atoms with van der Waals surface area (Å²) in [5, 5.41) is 18.4. The third-order valence-corrected chi connectivity index (χ3v) is 6.39. The smallest absolute Gasteiger partial charge is 0.325 e. The maximum absolute atomic E-state index is 12.9. The van der Waals surface area contributed by atoms with Gasteiger partial charge in [-0.1, -0.05) is 6.07 Å². The van der Waals surface area contributed by atoms with Crippen LogP contribution in [-0.4, -0.2) is 109 Å². The highest BCUT2D eigenvalue weighted by Crippen LogP contribution is 2.20. The lowest BCUT2D eigenvalue weighted by molar-refractivity contribution is -0.141. The van der Waals surface area contributed by atoms with Crippen LogP contribution in [0.4, 0.5) is 5.95 Å². The van der Waals surface area contributed by atoms with Gasteiger partial charge in [0, 0.05) is 50.2 Å². The van der Waals surface area contributed by atoms with Gasteiger partial charge in [0.1, 0.15) is 24.9 Å². The van der Waals surface area contributed by atoms with E-state index in [1.165, 1.54) is 6.92 Å². The Balaban J connectivity index is 1.72. The second kappa shape index (κ2) is 15.6. The van der Waals surface area contributed by atoms with Crippen LogP contribution in [0, 0.1) is 6.92 Å². The second-order valence-corrected chi connectivity index (χ2v) is 9.92. The van der Waals surface area contributed by atoms with E-state index in [0.29, 0.717) is 23.8 Å². The monoisotopic (exact) mass is 585 g/mol. The van der Waals surface area contributed by atoms with Crippen LogP contribution < -0.4 is 25.6 Å². The van der Waals surface area contributed by atoms with Crippen LogP contribution in [0.5, 0.6) is 5.75 Å². The fraction of sp³-hybridized carbons (Fsp3) is 0.500. The van der Waals surface area contributed by atoms with E-state index in [9.17, 15) is 24.3 Å². The summed E-state index contributed by atoms with van der Waals surface area (Å²) in [5.41, 5.74) is 1.78. The number of nitrogens with zero attached hydrogens (tertiary/aromatic N) is 4. The van der Waals surface area contributed by atoms with Crippen molar-refractivity contribution in [2.45, 2.75) is 39.5 Å². The molecule has 2 bridgehead atoms. The second-order valence-electron chi connectivity index (χ2n) is 9.92. The SMILES string of the molecule is CCOC(=O)CN(C)c1ncc(CN2CCNC(=O)[C@H]([C@@H](C)O)NC(=O)c3ccc(C)c(c3)OCCNC(=O)C2)cn1. The van der Waals surface area contributed by atoms with Crippen LogP contribution in [0.15, 0.2) is 30.6 Å². The molecule has 3 amide bonds. The summed E-state index contributed by atoms with van der Waals surface area (Å²) in [6.45, 7) is 6.43.